The van der Waals surface area contributed by atoms with E-state index in [2.05, 4.69) is 58.4 Å². The predicted molar refractivity (Wildman–Crippen MR) is 171 cm³/mol. The van der Waals surface area contributed by atoms with Crippen LogP contribution in [0, 0.1) is 18.3 Å². The van der Waals surface area contributed by atoms with E-state index in [1.165, 1.54) is 12.8 Å². The van der Waals surface area contributed by atoms with Gasteiger partial charge >= 0.3 is 0 Å². The number of nitrogens with zero attached hydrogens (tertiary/aromatic N) is 4. The van der Waals surface area contributed by atoms with Crippen LogP contribution in [0.3, 0.4) is 0 Å². The minimum absolute atomic E-state index is 0.128. The fourth-order valence-electron chi connectivity index (χ4n) is 7.05. The van der Waals surface area contributed by atoms with Crippen LogP contribution in [0.25, 0.3) is 33.7 Å². The highest BCUT2D eigenvalue weighted by Gasteiger charge is 2.31. The SMILES string of the molecule is Cc1c(-c2nc3cc(CN4CCCC4)cc(C#N)c3o2)cccc1-c1cccc(N2CCC(N[C@H]3C[C@@H](O)C3)CC2)c1Cl. The number of aliphatic hydroxyl groups excluding tert-OH is 1. The smallest absolute Gasteiger partial charge is 0.227 e. The van der Waals surface area contributed by atoms with Gasteiger partial charge in [-0.15, -0.1) is 0 Å². The van der Waals surface area contributed by atoms with Crippen molar-refractivity contribution in [1.29, 1.82) is 5.26 Å². The zero-order chi connectivity index (χ0) is 29.5. The molecule has 7 nitrogen and oxygen atoms in total. The Morgan fingerprint density at radius 3 is 2.47 bits per heavy atom. The lowest BCUT2D eigenvalue weighted by Crippen LogP contribution is -2.52. The summed E-state index contributed by atoms with van der Waals surface area (Å²) < 4.78 is 6.27. The summed E-state index contributed by atoms with van der Waals surface area (Å²) in [6.45, 7) is 7.00. The van der Waals surface area contributed by atoms with Gasteiger partial charge in [0.05, 0.1) is 22.4 Å². The molecular formula is C35H38ClN5O2. The quantitative estimate of drug-likeness (QED) is 0.247. The standard InChI is InChI=1S/C35H38ClN5O2/c1-22-28(30-8-5-9-32(33(30)36)41-14-10-25(11-15-41)38-26-18-27(42)19-26)6-4-7-29(22)35-39-31-17-23(21-40-12-2-3-13-40)16-24(20-37)34(31)43-35/h4-9,16-17,25-27,38,42H,2-3,10-15,18-19,21H2,1H3/t26-,27+. The largest absolute Gasteiger partial charge is 0.435 e. The summed E-state index contributed by atoms with van der Waals surface area (Å²) in [5.74, 6) is 0.519. The van der Waals surface area contributed by atoms with Crippen LogP contribution < -0.4 is 10.2 Å². The number of nitrogens with one attached hydrogen (secondary N) is 1. The second-order valence-electron chi connectivity index (χ2n) is 12.5. The maximum atomic E-state index is 9.91. The van der Waals surface area contributed by atoms with Crippen molar-refractivity contribution in [1.82, 2.24) is 15.2 Å². The van der Waals surface area contributed by atoms with E-state index < -0.39 is 0 Å². The highest BCUT2D eigenvalue weighted by atomic mass is 35.5. The van der Waals surface area contributed by atoms with Crippen molar-refractivity contribution in [2.45, 2.75) is 70.2 Å². The van der Waals surface area contributed by atoms with E-state index in [9.17, 15) is 10.4 Å². The first-order chi connectivity index (χ1) is 21.0. The molecule has 0 amide bonds. The Balaban J connectivity index is 1.14. The van der Waals surface area contributed by atoms with Crippen molar-refractivity contribution in [3.05, 3.63) is 70.2 Å². The van der Waals surface area contributed by atoms with Gasteiger partial charge in [0.15, 0.2) is 5.58 Å². The third kappa shape index (κ3) is 5.65. The Morgan fingerprint density at radius 1 is 1.00 bits per heavy atom. The van der Waals surface area contributed by atoms with E-state index in [-0.39, 0.29) is 6.10 Å². The van der Waals surface area contributed by atoms with E-state index in [4.69, 9.17) is 21.0 Å². The van der Waals surface area contributed by atoms with Crippen molar-refractivity contribution < 1.29 is 9.52 Å². The minimum Gasteiger partial charge on any atom is -0.435 e. The van der Waals surface area contributed by atoms with Crippen LogP contribution in [0.5, 0.6) is 0 Å². The zero-order valence-corrected chi connectivity index (χ0v) is 25.4. The molecule has 3 aliphatic rings. The number of anilines is 1. The van der Waals surface area contributed by atoms with E-state index in [0.717, 1.165) is 102 Å². The van der Waals surface area contributed by atoms with Crippen molar-refractivity contribution in [2.75, 3.05) is 31.1 Å². The fraction of sp³-hybridized carbons (Fsp3) is 0.429. The molecule has 0 bridgehead atoms. The third-order valence-electron chi connectivity index (χ3n) is 9.53. The molecule has 1 aromatic heterocycles. The van der Waals surface area contributed by atoms with Crippen LogP contribution >= 0.6 is 11.6 Å². The highest BCUT2D eigenvalue weighted by Crippen LogP contribution is 2.41. The average molecular weight is 596 g/mol. The number of fused-ring (bicyclic) bond motifs is 1. The normalized spacial score (nSPS) is 21.3. The van der Waals surface area contributed by atoms with E-state index in [0.29, 0.717) is 29.1 Å². The third-order valence-corrected chi connectivity index (χ3v) is 9.93. The Hall–Kier alpha value is -3.41. The summed E-state index contributed by atoms with van der Waals surface area (Å²) in [6.07, 6.45) is 6.19. The van der Waals surface area contributed by atoms with E-state index >= 15 is 0 Å². The number of nitriles is 1. The number of hydrogen-bond acceptors (Lipinski definition) is 7. The molecule has 222 valence electrons. The number of hydrogen-bond donors (Lipinski definition) is 2. The highest BCUT2D eigenvalue weighted by molar-refractivity contribution is 6.36. The van der Waals surface area contributed by atoms with Crippen LogP contribution in [0.1, 0.15) is 55.2 Å². The van der Waals surface area contributed by atoms with Gasteiger partial charge in [-0.25, -0.2) is 4.98 Å². The van der Waals surface area contributed by atoms with Gasteiger partial charge in [0.1, 0.15) is 11.6 Å². The van der Waals surface area contributed by atoms with E-state index in [1.807, 2.05) is 18.2 Å². The minimum atomic E-state index is -0.128. The maximum Gasteiger partial charge on any atom is 0.227 e. The number of aliphatic hydroxyl groups is 1. The number of halogens is 1. The van der Waals surface area contributed by atoms with Gasteiger partial charge in [-0.3, -0.25) is 4.90 Å². The molecule has 0 atom stereocenters. The molecule has 1 saturated carbocycles. The molecule has 4 aromatic rings. The molecule has 2 N–H and O–H groups in total. The first-order valence-corrected chi connectivity index (χ1v) is 16.0. The van der Waals surface area contributed by atoms with Crippen molar-refractivity contribution >= 4 is 28.4 Å². The number of piperidine rings is 1. The molecule has 0 spiro atoms. The molecule has 3 aromatic carbocycles. The molecule has 8 heteroatoms. The predicted octanol–water partition coefficient (Wildman–Crippen LogP) is 6.67. The summed E-state index contributed by atoms with van der Waals surface area (Å²) >= 11 is 7.14. The molecule has 3 fully saturated rings. The molecule has 0 unspecified atom stereocenters. The van der Waals surface area contributed by atoms with Crippen LogP contribution in [0.15, 0.2) is 52.9 Å². The monoisotopic (exact) mass is 595 g/mol. The Morgan fingerprint density at radius 2 is 1.72 bits per heavy atom. The Bertz CT molecular complexity index is 1670. The lowest BCUT2D eigenvalue weighted by molar-refractivity contribution is 0.0562. The van der Waals surface area contributed by atoms with Crippen LogP contribution in [-0.4, -0.2) is 59.4 Å². The average Bonchev–Trinajstić information content (AvgIpc) is 3.67. The number of rotatable bonds is 7. The van der Waals surface area contributed by atoms with Gasteiger partial charge in [-0.05, 0) is 99.5 Å². The summed E-state index contributed by atoms with van der Waals surface area (Å²) in [5.41, 5.74) is 7.92. The van der Waals surface area contributed by atoms with Crippen molar-refractivity contribution in [3.8, 4) is 28.7 Å². The molecular weight excluding hydrogens is 558 g/mol. The van der Waals surface area contributed by atoms with Gasteiger partial charge in [0, 0.05) is 42.8 Å². The second-order valence-corrected chi connectivity index (χ2v) is 12.9. The molecule has 0 radical (unpaired) electrons. The summed E-state index contributed by atoms with van der Waals surface area (Å²) in [6, 6.07) is 19.7. The summed E-state index contributed by atoms with van der Waals surface area (Å²) in [5, 5.41) is 24.0. The molecule has 2 aliphatic heterocycles. The Kier molecular flexibility index (Phi) is 7.87. The number of aromatic nitrogens is 1. The fourth-order valence-corrected chi connectivity index (χ4v) is 7.40. The van der Waals surface area contributed by atoms with Crippen LogP contribution in [0.4, 0.5) is 5.69 Å². The van der Waals surface area contributed by atoms with Gasteiger partial charge in [0.2, 0.25) is 5.89 Å². The molecule has 3 heterocycles. The molecule has 1 aliphatic carbocycles. The zero-order valence-electron chi connectivity index (χ0n) is 24.7. The second kappa shape index (κ2) is 11.9. The number of oxazole rings is 1. The summed E-state index contributed by atoms with van der Waals surface area (Å²) in [4.78, 5) is 9.70. The first kappa shape index (κ1) is 28.4. The van der Waals surface area contributed by atoms with Gasteiger partial charge in [-0.1, -0.05) is 35.9 Å². The van der Waals surface area contributed by atoms with Crippen LogP contribution in [-0.2, 0) is 6.54 Å². The molecule has 43 heavy (non-hydrogen) atoms. The maximum absolute atomic E-state index is 9.91. The first-order valence-electron chi connectivity index (χ1n) is 15.6. The topological polar surface area (TPSA) is 88.6 Å². The number of likely N-dealkylation sites (tertiary alicyclic amines) is 1. The van der Waals surface area contributed by atoms with Crippen molar-refractivity contribution in [3.63, 3.8) is 0 Å². The van der Waals surface area contributed by atoms with E-state index in [1.54, 1.807) is 0 Å². The van der Waals surface area contributed by atoms with Crippen molar-refractivity contribution in [2.24, 2.45) is 0 Å². The molecule has 7 rings (SSSR count). The number of benzene rings is 3. The summed E-state index contributed by atoms with van der Waals surface area (Å²) in [7, 11) is 0. The molecule has 2 saturated heterocycles. The lowest BCUT2D eigenvalue weighted by Gasteiger charge is -2.40. The lowest BCUT2D eigenvalue weighted by atomic mass is 9.88. The Labute approximate surface area is 258 Å². The van der Waals surface area contributed by atoms with Gasteiger partial charge in [0.25, 0.3) is 0 Å². The van der Waals surface area contributed by atoms with Gasteiger partial charge < -0.3 is 19.7 Å². The van der Waals surface area contributed by atoms with Crippen LogP contribution in [0.2, 0.25) is 5.02 Å². The van der Waals surface area contributed by atoms with Gasteiger partial charge in [-0.2, -0.15) is 5.26 Å².